The van der Waals surface area contributed by atoms with Crippen LogP contribution in [0.4, 0.5) is 9.52 Å². The molecule has 2 aromatic heterocycles. The van der Waals surface area contributed by atoms with E-state index in [0.29, 0.717) is 29.4 Å². The summed E-state index contributed by atoms with van der Waals surface area (Å²) in [7, 11) is 0. The molecule has 0 unspecified atom stereocenters. The topological polar surface area (TPSA) is 46.1 Å². The smallest absolute Gasteiger partial charge is 0.229 e. The number of benzene rings is 2. The number of para-hydroxylation sites is 1. The number of aromatic nitrogens is 2. The molecule has 0 aliphatic carbocycles. The summed E-state index contributed by atoms with van der Waals surface area (Å²) in [5, 5.41) is 0.491. The van der Waals surface area contributed by atoms with E-state index in [1.54, 1.807) is 28.9 Å². The predicted molar refractivity (Wildman–Crippen MR) is 117 cm³/mol. The number of pyridine rings is 1. The highest BCUT2D eigenvalue weighted by Crippen LogP contribution is 2.31. The van der Waals surface area contributed by atoms with Crippen molar-refractivity contribution >= 4 is 44.4 Å². The van der Waals surface area contributed by atoms with E-state index in [4.69, 9.17) is 0 Å². The van der Waals surface area contributed by atoms with Gasteiger partial charge in [-0.3, -0.25) is 14.7 Å². The van der Waals surface area contributed by atoms with Crippen LogP contribution in [0.15, 0.2) is 77.8 Å². The molecule has 0 fully saturated rings. The van der Waals surface area contributed by atoms with Crippen LogP contribution >= 0.6 is 23.1 Å². The van der Waals surface area contributed by atoms with Crippen molar-refractivity contribution in [2.24, 2.45) is 0 Å². The molecule has 1 amide bonds. The lowest BCUT2D eigenvalue weighted by molar-refractivity contribution is -0.118. The molecule has 4 nitrogen and oxygen atoms in total. The van der Waals surface area contributed by atoms with Gasteiger partial charge in [0.25, 0.3) is 0 Å². The van der Waals surface area contributed by atoms with Gasteiger partial charge in [0, 0.05) is 23.3 Å². The maximum absolute atomic E-state index is 14.1. The molecule has 7 heteroatoms. The quantitative estimate of drug-likeness (QED) is 0.366. The lowest BCUT2D eigenvalue weighted by Gasteiger charge is -2.19. The van der Waals surface area contributed by atoms with E-state index >= 15 is 0 Å². The fourth-order valence-corrected chi connectivity index (χ4v) is 4.70. The van der Waals surface area contributed by atoms with Crippen molar-refractivity contribution in [3.63, 3.8) is 0 Å². The molecule has 0 saturated heterocycles. The normalized spacial score (nSPS) is 10.9. The molecule has 0 spiro atoms. The average molecular weight is 424 g/mol. The number of carbonyl (C=O) groups excluding carboxylic acids is 1. The van der Waals surface area contributed by atoms with Crippen LogP contribution < -0.4 is 4.90 Å². The molecule has 0 bridgehead atoms. The number of amides is 1. The van der Waals surface area contributed by atoms with Crippen molar-refractivity contribution in [3.8, 4) is 0 Å². The molecular formula is C22H18FN3OS2. The second-order valence-corrected chi connectivity index (χ2v) is 8.47. The van der Waals surface area contributed by atoms with E-state index in [1.165, 1.54) is 17.4 Å². The second kappa shape index (κ2) is 9.15. The van der Waals surface area contributed by atoms with E-state index < -0.39 is 0 Å². The lowest BCUT2D eigenvalue weighted by Crippen LogP contribution is -2.30. The van der Waals surface area contributed by atoms with Crippen molar-refractivity contribution in [2.45, 2.75) is 17.9 Å². The fourth-order valence-electron chi connectivity index (χ4n) is 2.84. The number of rotatable bonds is 7. The molecule has 0 atom stereocenters. The molecule has 0 radical (unpaired) electrons. The predicted octanol–water partition coefficient (Wildman–Crippen LogP) is 5.55. The summed E-state index contributed by atoms with van der Waals surface area (Å²) in [6.07, 6.45) is 2.05. The molecule has 0 aliphatic heterocycles. The summed E-state index contributed by atoms with van der Waals surface area (Å²) in [5.41, 5.74) is 1.06. The van der Waals surface area contributed by atoms with Crippen LogP contribution in [0, 0.1) is 5.82 Å². The third-order valence-corrected chi connectivity index (χ3v) is 6.32. The molecule has 0 saturated carbocycles. The number of hydrogen-bond acceptors (Lipinski definition) is 5. The van der Waals surface area contributed by atoms with Crippen LogP contribution in [0.2, 0.25) is 0 Å². The Morgan fingerprint density at radius 2 is 1.86 bits per heavy atom. The van der Waals surface area contributed by atoms with Crippen LogP contribution in [0.3, 0.4) is 0 Å². The van der Waals surface area contributed by atoms with Crippen LogP contribution in [0.1, 0.15) is 12.1 Å². The van der Waals surface area contributed by atoms with Gasteiger partial charge in [0.15, 0.2) is 5.13 Å². The van der Waals surface area contributed by atoms with Gasteiger partial charge in [0.1, 0.15) is 11.3 Å². The standard InChI is InChI=1S/C22H18FN3OS2/c23-18-10-6-11-19-21(18)25-22(29-19)26(15-16-7-4-5-13-24-16)20(27)12-14-28-17-8-2-1-3-9-17/h1-11,13H,12,14-15H2. The summed E-state index contributed by atoms with van der Waals surface area (Å²) in [5.74, 6) is 0.217. The van der Waals surface area contributed by atoms with Crippen molar-refractivity contribution in [2.75, 3.05) is 10.7 Å². The Morgan fingerprint density at radius 1 is 1.03 bits per heavy atom. The molecule has 146 valence electrons. The maximum Gasteiger partial charge on any atom is 0.229 e. The van der Waals surface area contributed by atoms with Gasteiger partial charge in [-0.15, -0.1) is 11.8 Å². The van der Waals surface area contributed by atoms with Gasteiger partial charge in [0.2, 0.25) is 5.91 Å². The second-order valence-electron chi connectivity index (χ2n) is 6.30. The van der Waals surface area contributed by atoms with Crippen molar-refractivity contribution < 1.29 is 9.18 Å². The average Bonchev–Trinajstić information content (AvgIpc) is 3.19. The number of thioether (sulfide) groups is 1. The first-order valence-electron chi connectivity index (χ1n) is 9.14. The van der Waals surface area contributed by atoms with Gasteiger partial charge in [-0.1, -0.05) is 41.7 Å². The number of carbonyl (C=O) groups is 1. The minimum absolute atomic E-state index is 0.0569. The zero-order valence-corrected chi connectivity index (χ0v) is 17.1. The van der Waals surface area contributed by atoms with E-state index in [9.17, 15) is 9.18 Å². The van der Waals surface area contributed by atoms with Gasteiger partial charge in [0.05, 0.1) is 16.9 Å². The van der Waals surface area contributed by atoms with Gasteiger partial charge in [-0.05, 0) is 36.4 Å². The molecule has 0 N–H and O–H groups in total. The first-order valence-corrected chi connectivity index (χ1v) is 10.9. The Morgan fingerprint density at radius 3 is 2.62 bits per heavy atom. The molecule has 29 heavy (non-hydrogen) atoms. The first kappa shape index (κ1) is 19.5. The number of hydrogen-bond donors (Lipinski definition) is 0. The highest BCUT2D eigenvalue weighted by Gasteiger charge is 2.21. The summed E-state index contributed by atoms with van der Waals surface area (Å²) >= 11 is 2.95. The Bertz CT molecular complexity index is 1100. The van der Waals surface area contributed by atoms with Crippen LogP contribution in [0.5, 0.6) is 0 Å². The molecule has 4 aromatic rings. The van der Waals surface area contributed by atoms with Crippen molar-refractivity contribution in [1.29, 1.82) is 0 Å². The van der Waals surface area contributed by atoms with Gasteiger partial charge in [-0.25, -0.2) is 9.37 Å². The van der Waals surface area contributed by atoms with Gasteiger partial charge < -0.3 is 0 Å². The molecule has 2 heterocycles. The summed E-state index contributed by atoms with van der Waals surface area (Å²) in [6, 6.07) is 20.4. The molecule has 4 rings (SSSR count). The maximum atomic E-state index is 14.1. The Labute approximate surface area is 176 Å². The van der Waals surface area contributed by atoms with Crippen LogP contribution in [0.25, 0.3) is 10.2 Å². The Kier molecular flexibility index (Phi) is 6.17. The third-order valence-electron chi connectivity index (χ3n) is 4.26. The highest BCUT2D eigenvalue weighted by molar-refractivity contribution is 7.99. The van der Waals surface area contributed by atoms with E-state index in [1.807, 2.05) is 54.6 Å². The minimum atomic E-state index is -0.380. The van der Waals surface area contributed by atoms with Gasteiger partial charge >= 0.3 is 0 Å². The Hall–Kier alpha value is -2.77. The zero-order valence-electron chi connectivity index (χ0n) is 15.5. The Balaban J connectivity index is 1.55. The minimum Gasteiger partial charge on any atom is -0.282 e. The van der Waals surface area contributed by atoms with Crippen LogP contribution in [-0.2, 0) is 11.3 Å². The fraction of sp³-hybridized carbons (Fsp3) is 0.136. The summed E-state index contributed by atoms with van der Waals surface area (Å²) in [4.78, 5) is 24.5. The number of thiazole rings is 1. The van der Waals surface area contributed by atoms with Crippen LogP contribution in [-0.4, -0.2) is 21.6 Å². The number of halogens is 1. The lowest BCUT2D eigenvalue weighted by atomic mass is 10.3. The van der Waals surface area contributed by atoms with Crippen molar-refractivity contribution in [3.05, 3.63) is 84.4 Å². The number of anilines is 1. The monoisotopic (exact) mass is 423 g/mol. The largest absolute Gasteiger partial charge is 0.282 e. The van der Waals surface area contributed by atoms with Gasteiger partial charge in [-0.2, -0.15) is 0 Å². The SMILES string of the molecule is O=C(CCSc1ccccc1)N(Cc1ccccn1)c1nc2c(F)cccc2s1. The molecule has 2 aromatic carbocycles. The summed E-state index contributed by atoms with van der Waals surface area (Å²) in [6.45, 7) is 0.303. The zero-order chi connectivity index (χ0) is 20.1. The molecular weight excluding hydrogens is 405 g/mol. The number of nitrogens with zero attached hydrogens (tertiary/aromatic N) is 3. The van der Waals surface area contributed by atoms with E-state index in [2.05, 4.69) is 9.97 Å². The number of fused-ring (bicyclic) bond motifs is 1. The van der Waals surface area contributed by atoms with E-state index in [-0.39, 0.29) is 11.7 Å². The molecule has 0 aliphatic rings. The highest BCUT2D eigenvalue weighted by atomic mass is 32.2. The third kappa shape index (κ3) is 4.81. The summed E-state index contributed by atoms with van der Waals surface area (Å²) < 4.78 is 14.8. The van der Waals surface area contributed by atoms with E-state index in [0.717, 1.165) is 15.3 Å². The van der Waals surface area contributed by atoms with Crippen molar-refractivity contribution in [1.82, 2.24) is 9.97 Å². The first-order chi connectivity index (χ1) is 14.2.